The third kappa shape index (κ3) is 4.38. The Hall–Kier alpha value is -3.21. The average Bonchev–Trinajstić information content (AvgIpc) is 3.55. The second kappa shape index (κ2) is 9.11. The van der Waals surface area contributed by atoms with E-state index >= 15 is 0 Å². The van der Waals surface area contributed by atoms with Crippen molar-refractivity contribution in [3.05, 3.63) is 54.0 Å². The maximum absolute atomic E-state index is 12.4. The van der Waals surface area contributed by atoms with Gasteiger partial charge in [0.15, 0.2) is 0 Å². The number of urea groups is 1. The van der Waals surface area contributed by atoms with E-state index in [4.69, 9.17) is 14.2 Å². The number of anilines is 2. The smallest absolute Gasteiger partial charge is 0.319 e. The summed E-state index contributed by atoms with van der Waals surface area (Å²) in [6.45, 7) is 0.819. The summed E-state index contributed by atoms with van der Waals surface area (Å²) in [5.41, 5.74) is 1.54. The first-order chi connectivity index (χ1) is 15.7. The summed E-state index contributed by atoms with van der Waals surface area (Å²) in [5.74, 6) is 1.26. The summed E-state index contributed by atoms with van der Waals surface area (Å²) in [4.78, 5) is 22.5. The van der Waals surface area contributed by atoms with Crippen molar-refractivity contribution in [2.24, 2.45) is 0 Å². The molecular formula is C22H23N5O4S. The van der Waals surface area contributed by atoms with E-state index in [0.29, 0.717) is 24.8 Å². The van der Waals surface area contributed by atoms with Gasteiger partial charge in [-0.1, -0.05) is 6.07 Å². The van der Waals surface area contributed by atoms with Crippen LogP contribution in [0.4, 0.5) is 16.4 Å². The monoisotopic (exact) mass is 453 g/mol. The van der Waals surface area contributed by atoms with E-state index in [9.17, 15) is 4.79 Å². The molecule has 0 aliphatic carbocycles. The van der Waals surface area contributed by atoms with Crippen LogP contribution in [0.3, 0.4) is 0 Å². The topological polar surface area (TPSA) is 107 Å². The lowest BCUT2D eigenvalue weighted by molar-refractivity contribution is 0.0683. The minimum atomic E-state index is -0.309. The second-order valence-electron chi connectivity index (χ2n) is 7.52. The molecule has 9 nitrogen and oxygen atoms in total. The lowest BCUT2D eigenvalue weighted by atomic mass is 10.1. The van der Waals surface area contributed by atoms with Crippen LogP contribution in [-0.2, 0) is 9.47 Å². The van der Waals surface area contributed by atoms with Gasteiger partial charge < -0.3 is 30.2 Å². The van der Waals surface area contributed by atoms with Gasteiger partial charge in [-0.25, -0.2) is 14.8 Å². The minimum absolute atomic E-state index is 0.102. The SMILES string of the molecule is COc1ccc(NC(=O)NC2COC3C(Nc4nccc(-c5cccs5)n4)COC23)cc1. The third-order valence-electron chi connectivity index (χ3n) is 5.46. The summed E-state index contributed by atoms with van der Waals surface area (Å²) >= 11 is 1.63. The van der Waals surface area contributed by atoms with Gasteiger partial charge in [0, 0.05) is 11.9 Å². The summed E-state index contributed by atoms with van der Waals surface area (Å²) in [6.07, 6.45) is 1.30. The number of carbonyl (C=O) groups is 1. The van der Waals surface area contributed by atoms with Crippen LogP contribution in [0, 0.1) is 0 Å². The van der Waals surface area contributed by atoms with E-state index in [1.54, 1.807) is 48.9 Å². The molecule has 2 aliphatic heterocycles. The molecule has 1 aromatic carbocycles. The van der Waals surface area contributed by atoms with Gasteiger partial charge in [0.25, 0.3) is 0 Å². The summed E-state index contributed by atoms with van der Waals surface area (Å²) < 4.78 is 17.0. The molecule has 4 heterocycles. The highest BCUT2D eigenvalue weighted by molar-refractivity contribution is 7.13. The van der Waals surface area contributed by atoms with Gasteiger partial charge in [-0.2, -0.15) is 0 Å². The number of hydrogen-bond donors (Lipinski definition) is 3. The molecule has 0 saturated carbocycles. The van der Waals surface area contributed by atoms with Crippen LogP contribution in [0.5, 0.6) is 5.75 Å². The molecule has 10 heteroatoms. The summed E-state index contributed by atoms with van der Waals surface area (Å²) in [6, 6.07) is 12.4. The van der Waals surface area contributed by atoms with Gasteiger partial charge in [0.1, 0.15) is 18.0 Å². The Morgan fingerprint density at radius 1 is 1.09 bits per heavy atom. The molecule has 2 fully saturated rings. The Bertz CT molecular complexity index is 1060. The molecule has 4 atom stereocenters. The molecule has 2 amide bonds. The fourth-order valence-corrected chi connectivity index (χ4v) is 4.61. The van der Waals surface area contributed by atoms with Gasteiger partial charge >= 0.3 is 6.03 Å². The maximum Gasteiger partial charge on any atom is 0.319 e. The number of hydrogen-bond acceptors (Lipinski definition) is 8. The van der Waals surface area contributed by atoms with Crippen LogP contribution in [0.25, 0.3) is 10.6 Å². The van der Waals surface area contributed by atoms with Crippen LogP contribution in [0.2, 0.25) is 0 Å². The number of benzene rings is 1. The van der Waals surface area contributed by atoms with Gasteiger partial charge in [-0.3, -0.25) is 0 Å². The third-order valence-corrected chi connectivity index (χ3v) is 6.35. The lowest BCUT2D eigenvalue weighted by Crippen LogP contribution is -2.46. The highest BCUT2D eigenvalue weighted by atomic mass is 32.1. The molecule has 4 unspecified atom stereocenters. The highest BCUT2D eigenvalue weighted by Gasteiger charge is 2.48. The normalized spacial score (nSPS) is 24.0. The summed E-state index contributed by atoms with van der Waals surface area (Å²) in [5, 5.41) is 11.1. The van der Waals surface area contributed by atoms with E-state index in [-0.39, 0.29) is 30.3 Å². The van der Waals surface area contributed by atoms with Crippen molar-refractivity contribution in [1.29, 1.82) is 0 Å². The number of rotatable bonds is 6. The van der Waals surface area contributed by atoms with Crippen molar-refractivity contribution >= 4 is 29.0 Å². The predicted octanol–water partition coefficient (Wildman–Crippen LogP) is 2.98. The Balaban J connectivity index is 1.17. The standard InChI is InChI=1S/C22H23N5O4S/c1-29-14-6-4-13(5-7-14)24-22(28)27-17-12-31-19-16(11-30-20(17)19)26-21-23-9-8-15(25-21)18-3-2-10-32-18/h2-10,16-17,19-20H,11-12H2,1H3,(H,23,25,26)(H2,24,27,28). The number of carbonyl (C=O) groups excluding carboxylic acids is 1. The van der Waals surface area contributed by atoms with Crippen molar-refractivity contribution in [2.75, 3.05) is 31.0 Å². The van der Waals surface area contributed by atoms with Gasteiger partial charge in [0.05, 0.1) is 43.0 Å². The van der Waals surface area contributed by atoms with Crippen molar-refractivity contribution in [1.82, 2.24) is 15.3 Å². The molecule has 2 saturated heterocycles. The van der Waals surface area contributed by atoms with Crippen LogP contribution in [-0.4, -0.2) is 60.6 Å². The van der Waals surface area contributed by atoms with Crippen LogP contribution >= 0.6 is 11.3 Å². The molecule has 0 radical (unpaired) electrons. The Labute approximate surface area is 189 Å². The Morgan fingerprint density at radius 3 is 2.62 bits per heavy atom. The summed E-state index contributed by atoms with van der Waals surface area (Å²) in [7, 11) is 1.60. The molecule has 3 aromatic rings. The van der Waals surface area contributed by atoms with Gasteiger partial charge in [0.2, 0.25) is 5.95 Å². The minimum Gasteiger partial charge on any atom is -0.497 e. The number of ether oxygens (including phenoxy) is 3. The van der Waals surface area contributed by atoms with Crippen LogP contribution in [0.1, 0.15) is 0 Å². The van der Waals surface area contributed by atoms with Crippen molar-refractivity contribution < 1.29 is 19.0 Å². The van der Waals surface area contributed by atoms with Crippen molar-refractivity contribution in [2.45, 2.75) is 24.3 Å². The zero-order chi connectivity index (χ0) is 21.9. The molecule has 166 valence electrons. The first-order valence-corrected chi connectivity index (χ1v) is 11.2. The number of thiophene rings is 1. The number of amides is 2. The molecular weight excluding hydrogens is 430 g/mol. The highest BCUT2D eigenvalue weighted by Crippen LogP contribution is 2.29. The predicted molar refractivity (Wildman–Crippen MR) is 121 cm³/mol. The molecule has 2 aliphatic rings. The first-order valence-electron chi connectivity index (χ1n) is 10.3. The molecule has 3 N–H and O–H groups in total. The van der Waals surface area contributed by atoms with Crippen molar-refractivity contribution in [3.8, 4) is 16.3 Å². The number of fused-ring (bicyclic) bond motifs is 1. The second-order valence-corrected chi connectivity index (χ2v) is 8.47. The van der Waals surface area contributed by atoms with E-state index in [1.807, 2.05) is 23.6 Å². The Morgan fingerprint density at radius 2 is 1.88 bits per heavy atom. The van der Waals surface area contributed by atoms with Crippen LogP contribution < -0.4 is 20.7 Å². The molecule has 5 rings (SSSR count). The zero-order valence-corrected chi connectivity index (χ0v) is 18.2. The van der Waals surface area contributed by atoms with E-state index < -0.39 is 0 Å². The van der Waals surface area contributed by atoms with Gasteiger partial charge in [-0.05, 0) is 41.8 Å². The fraction of sp³-hybridized carbons (Fsp3) is 0.318. The number of nitrogens with one attached hydrogen (secondary N) is 3. The molecule has 0 spiro atoms. The van der Waals surface area contributed by atoms with Crippen molar-refractivity contribution in [3.63, 3.8) is 0 Å². The van der Waals surface area contributed by atoms with E-state index in [1.165, 1.54) is 0 Å². The fourth-order valence-electron chi connectivity index (χ4n) is 3.91. The van der Waals surface area contributed by atoms with Gasteiger partial charge in [-0.15, -0.1) is 11.3 Å². The number of aromatic nitrogens is 2. The quantitative estimate of drug-likeness (QED) is 0.527. The zero-order valence-electron chi connectivity index (χ0n) is 17.4. The average molecular weight is 454 g/mol. The largest absolute Gasteiger partial charge is 0.497 e. The molecule has 32 heavy (non-hydrogen) atoms. The lowest BCUT2D eigenvalue weighted by Gasteiger charge is -2.18. The number of nitrogens with zero attached hydrogens (tertiary/aromatic N) is 2. The van der Waals surface area contributed by atoms with E-state index in [2.05, 4.69) is 25.9 Å². The van der Waals surface area contributed by atoms with Crippen LogP contribution in [0.15, 0.2) is 54.0 Å². The molecule has 0 bridgehead atoms. The first kappa shape index (κ1) is 20.7. The number of methoxy groups -OCH3 is 1. The van der Waals surface area contributed by atoms with E-state index in [0.717, 1.165) is 16.3 Å². The Kier molecular flexibility index (Phi) is 5.89. The maximum atomic E-state index is 12.4. The molecule has 2 aromatic heterocycles.